The van der Waals surface area contributed by atoms with E-state index >= 15 is 0 Å². The fourth-order valence-electron chi connectivity index (χ4n) is 2.36. The number of alkyl halides is 2. The predicted octanol–water partition coefficient (Wildman–Crippen LogP) is 4.19. The predicted molar refractivity (Wildman–Crippen MR) is 98.4 cm³/mol. The minimum Gasteiger partial charge on any atom is -0.482 e. The first-order valence-electron chi connectivity index (χ1n) is 8.02. The number of benzene rings is 2. The van der Waals surface area contributed by atoms with E-state index in [4.69, 9.17) is 14.7 Å². The second kappa shape index (κ2) is 8.40. The maximum absolute atomic E-state index is 14.9. The van der Waals surface area contributed by atoms with Crippen LogP contribution in [0.2, 0.25) is 0 Å². The summed E-state index contributed by atoms with van der Waals surface area (Å²) in [6.45, 7) is -0.202. The maximum Gasteiger partial charge on any atom is 0.343 e. The van der Waals surface area contributed by atoms with Gasteiger partial charge >= 0.3 is 5.69 Å². The van der Waals surface area contributed by atoms with Gasteiger partial charge in [-0.25, -0.2) is 18.7 Å². The van der Waals surface area contributed by atoms with Gasteiger partial charge in [-0.15, -0.1) is 0 Å². The molecule has 1 aromatic heterocycles. The van der Waals surface area contributed by atoms with Crippen molar-refractivity contribution in [1.29, 1.82) is 5.26 Å². The molecule has 0 unspecified atom stereocenters. The van der Waals surface area contributed by atoms with Gasteiger partial charge < -0.3 is 9.47 Å². The van der Waals surface area contributed by atoms with Crippen LogP contribution in [0, 0.1) is 17.1 Å². The molecule has 0 atom stereocenters. The van der Waals surface area contributed by atoms with Crippen LogP contribution in [0.25, 0.3) is 0 Å². The third-order valence-electron chi connectivity index (χ3n) is 3.87. The van der Waals surface area contributed by atoms with Crippen molar-refractivity contribution in [3.05, 3.63) is 68.1 Å². The largest absolute Gasteiger partial charge is 0.482 e. The molecule has 2 aromatic carbocycles. The Balaban J connectivity index is 1.89. The molecule has 0 aliphatic carbocycles. The lowest BCUT2D eigenvalue weighted by molar-refractivity contribution is 0.151. The van der Waals surface area contributed by atoms with Crippen molar-refractivity contribution >= 4 is 15.9 Å². The third kappa shape index (κ3) is 4.43. The smallest absolute Gasteiger partial charge is 0.343 e. The average Bonchev–Trinajstić information content (AvgIpc) is 3.02. The highest BCUT2D eigenvalue weighted by Crippen LogP contribution is 2.38. The van der Waals surface area contributed by atoms with Crippen LogP contribution in [-0.4, -0.2) is 14.8 Å². The molecule has 1 heterocycles. The molecule has 3 aromatic rings. The Hall–Kier alpha value is -3.26. The van der Waals surface area contributed by atoms with Crippen molar-refractivity contribution in [2.24, 2.45) is 7.05 Å². The fourth-order valence-corrected chi connectivity index (χ4v) is 2.75. The molecular weight excluding hydrogens is 457 g/mol. The monoisotopic (exact) mass is 468 g/mol. The van der Waals surface area contributed by atoms with Gasteiger partial charge in [-0.05, 0) is 46.3 Å². The summed E-state index contributed by atoms with van der Waals surface area (Å²) < 4.78 is 53.1. The number of rotatable bonds is 6. The number of hydrogen-bond donors (Lipinski definition) is 1. The van der Waals surface area contributed by atoms with E-state index in [2.05, 4.69) is 26.1 Å². The van der Waals surface area contributed by atoms with Crippen molar-refractivity contribution in [1.82, 2.24) is 14.8 Å². The Morgan fingerprint density at radius 3 is 2.72 bits per heavy atom. The van der Waals surface area contributed by atoms with E-state index in [1.54, 1.807) is 6.07 Å². The van der Waals surface area contributed by atoms with Gasteiger partial charge in [-0.3, -0.25) is 4.57 Å². The van der Waals surface area contributed by atoms with Crippen LogP contribution in [-0.2, 0) is 13.7 Å². The first kappa shape index (κ1) is 20.5. The van der Waals surface area contributed by atoms with E-state index in [1.807, 2.05) is 0 Å². The molecule has 0 spiro atoms. The zero-order chi connectivity index (χ0) is 21.1. The number of hydrogen-bond acceptors (Lipinski definition) is 5. The maximum atomic E-state index is 14.9. The number of aromatic nitrogens is 3. The van der Waals surface area contributed by atoms with Crippen LogP contribution in [0.5, 0.6) is 17.2 Å². The summed E-state index contributed by atoms with van der Waals surface area (Å²) in [6, 6.07) is 7.78. The van der Waals surface area contributed by atoms with Gasteiger partial charge in [0.15, 0.2) is 17.3 Å². The van der Waals surface area contributed by atoms with Gasteiger partial charge in [-0.2, -0.15) is 14.8 Å². The molecule has 0 amide bonds. The van der Waals surface area contributed by atoms with Gasteiger partial charge in [0.05, 0.1) is 16.1 Å². The highest BCUT2D eigenvalue weighted by atomic mass is 79.9. The Kier molecular flexibility index (Phi) is 5.93. The Labute approximate surface area is 170 Å². The van der Waals surface area contributed by atoms with Crippen LogP contribution in [0.15, 0.2) is 39.6 Å². The summed E-state index contributed by atoms with van der Waals surface area (Å²) in [5.74, 6) is -1.31. The molecule has 0 bridgehead atoms. The molecule has 3 rings (SSSR count). The minimum absolute atomic E-state index is 0.0545. The SMILES string of the molecule is Cn1c(COc2ccc(Br)c(Oc3cc(C#N)cc(C(F)F)c3)c2F)n[nH]c1=O. The summed E-state index contributed by atoms with van der Waals surface area (Å²) in [5, 5.41) is 15.0. The van der Waals surface area contributed by atoms with Crippen LogP contribution in [0.4, 0.5) is 13.2 Å². The lowest BCUT2D eigenvalue weighted by Crippen LogP contribution is -2.15. The first-order chi connectivity index (χ1) is 13.8. The van der Waals surface area contributed by atoms with Gasteiger partial charge in [0.2, 0.25) is 5.82 Å². The number of ether oxygens (including phenoxy) is 2. The zero-order valence-corrected chi connectivity index (χ0v) is 16.3. The van der Waals surface area contributed by atoms with E-state index in [-0.39, 0.29) is 39.7 Å². The highest BCUT2D eigenvalue weighted by molar-refractivity contribution is 9.10. The molecule has 11 heteroatoms. The molecule has 0 saturated heterocycles. The molecular formula is C18H12BrF3N4O3. The Bertz CT molecular complexity index is 1150. The summed E-state index contributed by atoms with van der Waals surface area (Å²) in [7, 11) is 1.47. The van der Waals surface area contributed by atoms with Crippen LogP contribution in [0.3, 0.4) is 0 Å². The van der Waals surface area contributed by atoms with Crippen molar-refractivity contribution in [3.8, 4) is 23.3 Å². The second-order valence-electron chi connectivity index (χ2n) is 5.79. The summed E-state index contributed by atoms with van der Waals surface area (Å²) in [6.07, 6.45) is -2.82. The van der Waals surface area contributed by atoms with Crippen LogP contribution >= 0.6 is 15.9 Å². The molecule has 7 nitrogen and oxygen atoms in total. The molecule has 0 aliphatic heterocycles. The topological polar surface area (TPSA) is 92.9 Å². The lowest BCUT2D eigenvalue weighted by Gasteiger charge is -2.13. The molecule has 29 heavy (non-hydrogen) atoms. The van der Waals surface area contributed by atoms with Gasteiger partial charge in [0.25, 0.3) is 6.43 Å². The number of aromatic amines is 1. The van der Waals surface area contributed by atoms with Gasteiger partial charge in [0, 0.05) is 12.6 Å². The first-order valence-corrected chi connectivity index (χ1v) is 8.81. The highest BCUT2D eigenvalue weighted by Gasteiger charge is 2.18. The van der Waals surface area contributed by atoms with Gasteiger partial charge in [0.1, 0.15) is 12.4 Å². The number of nitrogens with one attached hydrogen (secondary N) is 1. The van der Waals surface area contributed by atoms with Crippen molar-refractivity contribution < 1.29 is 22.6 Å². The molecule has 150 valence electrons. The fraction of sp³-hybridized carbons (Fsp3) is 0.167. The minimum atomic E-state index is -2.82. The van der Waals surface area contributed by atoms with Crippen LogP contribution < -0.4 is 15.2 Å². The van der Waals surface area contributed by atoms with Crippen LogP contribution in [0.1, 0.15) is 23.4 Å². The Morgan fingerprint density at radius 2 is 2.10 bits per heavy atom. The summed E-state index contributed by atoms with van der Waals surface area (Å²) >= 11 is 3.14. The molecule has 0 saturated carbocycles. The van der Waals surface area contributed by atoms with Gasteiger partial charge in [-0.1, -0.05) is 0 Å². The lowest BCUT2D eigenvalue weighted by atomic mass is 10.1. The van der Waals surface area contributed by atoms with E-state index < -0.39 is 23.5 Å². The number of halogens is 4. The number of nitriles is 1. The van der Waals surface area contributed by atoms with Crippen molar-refractivity contribution in [3.63, 3.8) is 0 Å². The van der Waals surface area contributed by atoms with E-state index in [0.29, 0.717) is 0 Å². The third-order valence-corrected chi connectivity index (χ3v) is 4.50. The number of H-pyrrole nitrogens is 1. The van der Waals surface area contributed by atoms with Crippen molar-refractivity contribution in [2.75, 3.05) is 0 Å². The average molecular weight is 469 g/mol. The zero-order valence-electron chi connectivity index (χ0n) is 14.7. The van der Waals surface area contributed by atoms with E-state index in [9.17, 15) is 18.0 Å². The second-order valence-corrected chi connectivity index (χ2v) is 6.64. The molecule has 0 radical (unpaired) electrons. The molecule has 1 N–H and O–H groups in total. The summed E-state index contributed by atoms with van der Waals surface area (Å²) in [5.41, 5.74) is -0.931. The van der Waals surface area contributed by atoms with E-state index in [0.717, 1.165) is 12.1 Å². The quantitative estimate of drug-likeness (QED) is 0.585. The summed E-state index contributed by atoms with van der Waals surface area (Å²) in [4.78, 5) is 11.4. The normalized spacial score (nSPS) is 10.8. The number of nitrogens with zero attached hydrogens (tertiary/aromatic N) is 3. The standard InChI is InChI=1S/C18H12BrF3N4O3/c1-26-14(24-25-18(26)27)8-28-13-3-2-12(19)16(15(13)20)29-11-5-9(7-23)4-10(6-11)17(21)22/h2-6,17H,8H2,1H3,(H,25,27). The Morgan fingerprint density at radius 1 is 1.34 bits per heavy atom. The molecule has 0 aliphatic rings. The van der Waals surface area contributed by atoms with E-state index in [1.165, 1.54) is 29.8 Å². The van der Waals surface area contributed by atoms with Crippen molar-refractivity contribution in [2.45, 2.75) is 13.0 Å². The molecule has 0 fully saturated rings.